The van der Waals surface area contributed by atoms with Crippen LogP contribution in [-0.4, -0.2) is 29.3 Å². The zero-order valence-electron chi connectivity index (χ0n) is 12.2. The fraction of sp³-hybridized carbons (Fsp3) is 0.267. The molecule has 4 rings (SSSR count). The number of aliphatic hydroxyl groups is 1. The molecule has 8 nitrogen and oxygen atoms in total. The summed E-state index contributed by atoms with van der Waals surface area (Å²) < 4.78 is 2.51. The Hall–Kier alpha value is -3.05. The van der Waals surface area contributed by atoms with E-state index in [0.717, 1.165) is 4.57 Å². The minimum Gasteiger partial charge on any atom is -0.493 e. The zero-order valence-corrected chi connectivity index (χ0v) is 12.2. The average molecular weight is 311 g/mol. The fourth-order valence-corrected chi connectivity index (χ4v) is 3.17. The maximum atomic E-state index is 12.6. The first kappa shape index (κ1) is 13.6. The van der Waals surface area contributed by atoms with Crippen LogP contribution in [-0.2, 0) is 6.54 Å². The molecule has 116 valence electrons. The van der Waals surface area contributed by atoms with Gasteiger partial charge in [0.05, 0.1) is 16.8 Å². The summed E-state index contributed by atoms with van der Waals surface area (Å²) in [6.45, 7) is 2.11. The van der Waals surface area contributed by atoms with Gasteiger partial charge in [0.1, 0.15) is 29.2 Å². The number of nitrogens with zero attached hydrogens (tertiary/aromatic N) is 4. The summed E-state index contributed by atoms with van der Waals surface area (Å²) >= 11 is 0. The Kier molecular flexibility index (Phi) is 2.64. The molecule has 2 aromatic heterocycles. The van der Waals surface area contributed by atoms with Crippen LogP contribution in [0.3, 0.4) is 0 Å². The van der Waals surface area contributed by atoms with Gasteiger partial charge in [0.2, 0.25) is 5.88 Å². The summed E-state index contributed by atoms with van der Waals surface area (Å²) in [7, 11) is 0. The van der Waals surface area contributed by atoms with Crippen LogP contribution in [0.15, 0.2) is 16.9 Å². The van der Waals surface area contributed by atoms with Crippen LogP contribution in [0.1, 0.15) is 29.6 Å². The van der Waals surface area contributed by atoms with Crippen molar-refractivity contribution >= 4 is 11.0 Å². The highest BCUT2D eigenvalue weighted by atomic mass is 16.3. The lowest BCUT2D eigenvalue weighted by Gasteiger charge is -2.07. The van der Waals surface area contributed by atoms with Gasteiger partial charge in [0.25, 0.3) is 0 Å². The van der Waals surface area contributed by atoms with E-state index in [1.807, 2.05) is 0 Å². The van der Waals surface area contributed by atoms with Crippen molar-refractivity contribution in [1.82, 2.24) is 19.1 Å². The van der Waals surface area contributed by atoms with Crippen LogP contribution in [0.4, 0.5) is 0 Å². The molecular formula is C15H13N5O3. The lowest BCUT2D eigenvalue weighted by Crippen LogP contribution is -2.22. The number of nitrogens with one attached hydrogen (secondary N) is 1. The summed E-state index contributed by atoms with van der Waals surface area (Å²) in [6, 6.07) is 5.20. The fourth-order valence-electron chi connectivity index (χ4n) is 3.17. The van der Waals surface area contributed by atoms with E-state index in [-0.39, 0.29) is 11.6 Å². The minimum absolute atomic E-state index is 0.226. The number of aromatic hydroxyl groups is 1. The maximum Gasteiger partial charge on any atom is 0.336 e. The van der Waals surface area contributed by atoms with Crippen molar-refractivity contribution < 1.29 is 10.2 Å². The van der Waals surface area contributed by atoms with Gasteiger partial charge in [-0.05, 0) is 25.5 Å². The Morgan fingerprint density at radius 1 is 1.48 bits per heavy atom. The molecule has 3 aromatic rings. The number of aliphatic hydroxyl groups excluding tert-OH is 1. The lowest BCUT2D eigenvalue weighted by molar-refractivity contribution is 0.175. The third-order valence-electron chi connectivity index (χ3n) is 4.20. The van der Waals surface area contributed by atoms with Gasteiger partial charge in [-0.25, -0.2) is 14.3 Å². The second-order valence-corrected chi connectivity index (χ2v) is 5.57. The third-order valence-corrected chi connectivity index (χ3v) is 4.20. The molecule has 0 bridgehead atoms. The van der Waals surface area contributed by atoms with Crippen LogP contribution < -0.4 is 5.69 Å². The average Bonchev–Trinajstić information content (AvgIpc) is 3.15. The van der Waals surface area contributed by atoms with E-state index in [4.69, 9.17) is 0 Å². The first-order valence-electron chi connectivity index (χ1n) is 7.15. The highest BCUT2D eigenvalue weighted by Crippen LogP contribution is 2.34. The summed E-state index contributed by atoms with van der Waals surface area (Å²) in [4.78, 5) is 19.9. The number of aromatic nitrogens is 4. The molecule has 0 aliphatic carbocycles. The largest absolute Gasteiger partial charge is 0.493 e. The first-order chi connectivity index (χ1) is 11.0. The molecule has 8 heteroatoms. The van der Waals surface area contributed by atoms with Crippen molar-refractivity contribution in [3.8, 4) is 17.6 Å². The standard InChI is InChI=1S/C15H13N5O3/c1-7-17-11-8(6-16)2-3-9(12(11)18-7)20-14(22)13-10(21)4-5-19(13)15(20)23/h2-3,10,21-22H,4-5H2,1H3,(H,17,18)/t10-/m1/s1. The van der Waals surface area contributed by atoms with Crippen molar-refractivity contribution in [2.24, 2.45) is 0 Å². The second kappa shape index (κ2) is 4.47. The molecule has 1 aliphatic rings. The Labute approximate surface area is 129 Å². The molecule has 1 aliphatic heterocycles. The number of hydrogen-bond acceptors (Lipinski definition) is 5. The Bertz CT molecular complexity index is 1050. The number of imidazole rings is 2. The number of fused-ring (bicyclic) bond motifs is 2. The van der Waals surface area contributed by atoms with Crippen LogP contribution in [0.5, 0.6) is 5.88 Å². The van der Waals surface area contributed by atoms with Gasteiger partial charge in [-0.15, -0.1) is 0 Å². The maximum absolute atomic E-state index is 12.6. The second-order valence-electron chi connectivity index (χ2n) is 5.57. The third kappa shape index (κ3) is 1.68. The Balaban J connectivity index is 2.08. The number of H-pyrrole nitrogens is 1. The normalized spacial score (nSPS) is 16.7. The van der Waals surface area contributed by atoms with E-state index < -0.39 is 11.8 Å². The summed E-state index contributed by atoms with van der Waals surface area (Å²) in [6.07, 6.45) is -0.452. The molecule has 0 spiro atoms. The topological polar surface area (TPSA) is 120 Å². The molecule has 3 heterocycles. The number of aromatic amines is 1. The monoisotopic (exact) mass is 311 g/mol. The summed E-state index contributed by atoms with van der Waals surface area (Å²) in [5, 5.41) is 29.6. The molecule has 0 fully saturated rings. The van der Waals surface area contributed by atoms with Crippen LogP contribution >= 0.6 is 0 Å². The highest BCUT2D eigenvalue weighted by Gasteiger charge is 2.31. The molecule has 23 heavy (non-hydrogen) atoms. The van der Waals surface area contributed by atoms with Gasteiger partial charge in [-0.2, -0.15) is 5.26 Å². The van der Waals surface area contributed by atoms with Crippen molar-refractivity contribution in [3.05, 3.63) is 39.7 Å². The van der Waals surface area contributed by atoms with Gasteiger partial charge in [-0.3, -0.25) is 4.57 Å². The number of hydrogen-bond donors (Lipinski definition) is 3. The SMILES string of the molecule is Cc1nc2c(C#N)ccc(-n3c(O)c4n(c3=O)CC[C@H]4O)c2[nH]1. The van der Waals surface area contributed by atoms with Gasteiger partial charge in [0.15, 0.2) is 0 Å². The van der Waals surface area contributed by atoms with Gasteiger partial charge in [0, 0.05) is 6.54 Å². The number of benzene rings is 1. The quantitative estimate of drug-likeness (QED) is 0.615. The van der Waals surface area contributed by atoms with Crippen molar-refractivity contribution in [1.29, 1.82) is 5.26 Å². The molecule has 3 N–H and O–H groups in total. The molecule has 0 unspecified atom stereocenters. The van der Waals surface area contributed by atoms with Crippen molar-refractivity contribution in [3.63, 3.8) is 0 Å². The highest BCUT2D eigenvalue weighted by molar-refractivity contribution is 5.89. The van der Waals surface area contributed by atoms with Crippen LogP contribution in [0.2, 0.25) is 0 Å². The summed E-state index contributed by atoms with van der Waals surface area (Å²) in [5.74, 6) is 0.321. The lowest BCUT2D eigenvalue weighted by atomic mass is 10.1. The number of aryl methyl sites for hydroxylation is 1. The molecule has 0 saturated carbocycles. The van der Waals surface area contributed by atoms with E-state index >= 15 is 0 Å². The van der Waals surface area contributed by atoms with Crippen molar-refractivity contribution in [2.75, 3.05) is 0 Å². The zero-order chi connectivity index (χ0) is 16.3. The van der Waals surface area contributed by atoms with Crippen molar-refractivity contribution in [2.45, 2.75) is 26.0 Å². The van der Waals surface area contributed by atoms with Gasteiger partial charge in [-0.1, -0.05) is 0 Å². The molecular weight excluding hydrogens is 298 g/mol. The van der Waals surface area contributed by atoms with Crippen LogP contribution in [0, 0.1) is 18.3 Å². The summed E-state index contributed by atoms with van der Waals surface area (Å²) in [5.41, 5.74) is 1.53. The molecule has 1 atom stereocenters. The molecule has 0 amide bonds. The Morgan fingerprint density at radius 2 is 2.26 bits per heavy atom. The van der Waals surface area contributed by atoms with E-state index in [0.29, 0.717) is 41.1 Å². The predicted octanol–water partition coefficient (Wildman–Crippen LogP) is 0.838. The first-order valence-corrected chi connectivity index (χ1v) is 7.15. The molecule has 0 saturated heterocycles. The minimum atomic E-state index is -0.860. The smallest absolute Gasteiger partial charge is 0.336 e. The van der Waals surface area contributed by atoms with Crippen LogP contribution in [0.25, 0.3) is 16.7 Å². The van der Waals surface area contributed by atoms with Gasteiger partial charge >= 0.3 is 5.69 Å². The van der Waals surface area contributed by atoms with Gasteiger partial charge < -0.3 is 15.2 Å². The number of nitriles is 1. The molecule has 0 radical (unpaired) electrons. The molecule has 1 aromatic carbocycles. The Morgan fingerprint density at radius 3 is 2.96 bits per heavy atom. The predicted molar refractivity (Wildman–Crippen MR) is 80.4 cm³/mol. The van der Waals surface area contributed by atoms with E-state index in [2.05, 4.69) is 16.0 Å². The van der Waals surface area contributed by atoms with E-state index in [1.54, 1.807) is 19.1 Å². The number of rotatable bonds is 1. The van der Waals surface area contributed by atoms with E-state index in [1.165, 1.54) is 4.57 Å². The van der Waals surface area contributed by atoms with E-state index in [9.17, 15) is 20.3 Å².